The number of ether oxygens (including phenoxy) is 1. The minimum atomic E-state index is -0.664. The summed E-state index contributed by atoms with van der Waals surface area (Å²) in [4.78, 5) is 24.6. The molecule has 6 heteroatoms. The van der Waals surface area contributed by atoms with E-state index in [2.05, 4.69) is 19.2 Å². The van der Waals surface area contributed by atoms with Crippen molar-refractivity contribution in [3.05, 3.63) is 0 Å². The number of hydrogen-bond donors (Lipinski definition) is 3. The molecule has 0 aliphatic carbocycles. The lowest BCUT2D eigenvalue weighted by Crippen LogP contribution is -2.45. The van der Waals surface area contributed by atoms with E-state index in [4.69, 9.17) is 4.74 Å². The van der Waals surface area contributed by atoms with Crippen molar-refractivity contribution in [3.8, 4) is 0 Å². The lowest BCUT2D eigenvalue weighted by Gasteiger charge is -2.22. The van der Waals surface area contributed by atoms with Crippen molar-refractivity contribution in [1.29, 1.82) is 0 Å². The van der Waals surface area contributed by atoms with Crippen LogP contribution in [0.3, 0.4) is 0 Å². The number of aliphatic hydroxyl groups is 2. The first-order valence-electron chi connectivity index (χ1n) is 36.3. The third-order valence-corrected chi connectivity index (χ3v) is 17.4. The molecule has 0 bridgehead atoms. The first-order chi connectivity index (χ1) is 38.5. The number of amides is 1. The average molecular weight is 1100 g/mol. The van der Waals surface area contributed by atoms with Gasteiger partial charge >= 0.3 is 5.97 Å². The van der Waals surface area contributed by atoms with Gasteiger partial charge in [0.1, 0.15) is 0 Å². The molecule has 0 aliphatic heterocycles. The Balaban J connectivity index is 3.35. The summed E-state index contributed by atoms with van der Waals surface area (Å²) < 4.78 is 5.50. The molecule has 2 atom stereocenters. The van der Waals surface area contributed by atoms with E-state index in [9.17, 15) is 19.8 Å². The zero-order valence-corrected chi connectivity index (χ0v) is 53.4. The van der Waals surface area contributed by atoms with Gasteiger partial charge in [-0.2, -0.15) is 0 Å². The van der Waals surface area contributed by atoms with Gasteiger partial charge in [-0.3, -0.25) is 9.59 Å². The van der Waals surface area contributed by atoms with Gasteiger partial charge in [0.15, 0.2) is 0 Å². The van der Waals surface area contributed by atoms with E-state index >= 15 is 0 Å². The summed E-state index contributed by atoms with van der Waals surface area (Å²) in [5, 5.41) is 23.4. The maximum Gasteiger partial charge on any atom is 0.305 e. The molecule has 0 aromatic rings. The monoisotopic (exact) mass is 1100 g/mol. The van der Waals surface area contributed by atoms with Crippen LogP contribution in [0.4, 0.5) is 0 Å². The van der Waals surface area contributed by atoms with Gasteiger partial charge in [-0.15, -0.1) is 0 Å². The fraction of sp³-hybridized carbons (Fsp3) is 0.972. The number of esters is 1. The molecule has 0 rings (SSSR count). The molecule has 0 radical (unpaired) electrons. The van der Waals surface area contributed by atoms with Crippen LogP contribution in [0.25, 0.3) is 0 Å². The number of unbranched alkanes of at least 4 members (excludes halogenated alkanes) is 58. The van der Waals surface area contributed by atoms with Gasteiger partial charge < -0.3 is 20.3 Å². The summed E-state index contributed by atoms with van der Waals surface area (Å²) in [6, 6.07) is -0.541. The van der Waals surface area contributed by atoms with Gasteiger partial charge in [0.05, 0.1) is 25.4 Å². The van der Waals surface area contributed by atoms with Crippen LogP contribution < -0.4 is 5.32 Å². The Morgan fingerprint density at radius 1 is 0.308 bits per heavy atom. The molecule has 78 heavy (non-hydrogen) atoms. The predicted octanol–water partition coefficient (Wildman–Crippen LogP) is 23.4. The average Bonchev–Trinajstić information content (AvgIpc) is 3.44. The summed E-state index contributed by atoms with van der Waals surface area (Å²) in [7, 11) is 0. The third kappa shape index (κ3) is 64.0. The third-order valence-electron chi connectivity index (χ3n) is 17.4. The SMILES string of the molecule is CCCCCCCCCCCCCCCCCCCCCCCCCC(O)C(CO)NC(=O)CCCCCCCCCCCCCCCCCCCCCCCCCCOC(=O)CCCCCCCCCCCCCCCC. The van der Waals surface area contributed by atoms with Crippen LogP contribution in [-0.2, 0) is 14.3 Å². The highest BCUT2D eigenvalue weighted by atomic mass is 16.5. The summed E-state index contributed by atoms with van der Waals surface area (Å²) in [6.45, 7) is 5.01. The Morgan fingerprint density at radius 3 is 0.782 bits per heavy atom. The molecular weight excluding hydrogens is 959 g/mol. The van der Waals surface area contributed by atoms with Crippen molar-refractivity contribution in [2.45, 2.75) is 437 Å². The van der Waals surface area contributed by atoms with Crippen LogP contribution >= 0.6 is 0 Å². The fourth-order valence-electron chi connectivity index (χ4n) is 11.9. The second-order valence-electron chi connectivity index (χ2n) is 25.3. The predicted molar refractivity (Wildman–Crippen MR) is 343 cm³/mol. The van der Waals surface area contributed by atoms with Gasteiger partial charge in [-0.1, -0.05) is 386 Å². The van der Waals surface area contributed by atoms with E-state index in [0.29, 0.717) is 25.9 Å². The Labute approximate surface area is 489 Å². The summed E-state index contributed by atoms with van der Waals surface area (Å²) in [5.41, 5.74) is 0. The van der Waals surface area contributed by atoms with Gasteiger partial charge in [0.25, 0.3) is 0 Å². The van der Waals surface area contributed by atoms with Crippen molar-refractivity contribution in [2.75, 3.05) is 13.2 Å². The zero-order valence-electron chi connectivity index (χ0n) is 53.4. The Kier molecular flexibility index (Phi) is 67.4. The summed E-state index contributed by atoms with van der Waals surface area (Å²) >= 11 is 0. The molecule has 0 aromatic carbocycles. The molecule has 0 aromatic heterocycles. The number of aliphatic hydroxyl groups excluding tert-OH is 2. The molecule has 0 saturated heterocycles. The largest absolute Gasteiger partial charge is 0.466 e. The second-order valence-corrected chi connectivity index (χ2v) is 25.3. The number of hydrogen-bond acceptors (Lipinski definition) is 5. The van der Waals surface area contributed by atoms with Crippen molar-refractivity contribution >= 4 is 11.9 Å². The van der Waals surface area contributed by atoms with Crippen LogP contribution in [0.1, 0.15) is 425 Å². The minimum Gasteiger partial charge on any atom is -0.466 e. The molecular formula is C72H143NO5. The Hall–Kier alpha value is -1.14. The van der Waals surface area contributed by atoms with Gasteiger partial charge in [0, 0.05) is 12.8 Å². The molecule has 466 valence electrons. The van der Waals surface area contributed by atoms with Gasteiger partial charge in [-0.05, 0) is 25.7 Å². The van der Waals surface area contributed by atoms with E-state index in [0.717, 1.165) is 38.5 Å². The lowest BCUT2D eigenvalue weighted by molar-refractivity contribution is -0.143. The second kappa shape index (κ2) is 68.4. The highest BCUT2D eigenvalue weighted by Crippen LogP contribution is 2.20. The van der Waals surface area contributed by atoms with Crippen LogP contribution in [0.2, 0.25) is 0 Å². The number of rotatable bonds is 69. The number of nitrogens with one attached hydrogen (secondary N) is 1. The first kappa shape index (κ1) is 76.9. The molecule has 0 saturated carbocycles. The highest BCUT2D eigenvalue weighted by Gasteiger charge is 2.20. The van der Waals surface area contributed by atoms with Crippen molar-refractivity contribution in [3.63, 3.8) is 0 Å². The first-order valence-corrected chi connectivity index (χ1v) is 36.3. The van der Waals surface area contributed by atoms with Crippen molar-refractivity contribution in [2.24, 2.45) is 0 Å². The number of carbonyl (C=O) groups is 2. The van der Waals surface area contributed by atoms with Crippen LogP contribution in [0, 0.1) is 0 Å². The molecule has 0 spiro atoms. The Bertz CT molecular complexity index is 1130. The smallest absolute Gasteiger partial charge is 0.305 e. The van der Waals surface area contributed by atoms with Crippen molar-refractivity contribution < 1.29 is 24.5 Å². The highest BCUT2D eigenvalue weighted by molar-refractivity contribution is 5.76. The minimum absolute atomic E-state index is 0.0193. The maximum absolute atomic E-state index is 12.6. The number of carbonyl (C=O) groups excluding carboxylic acids is 2. The summed E-state index contributed by atoms with van der Waals surface area (Å²) in [6.07, 6.45) is 83.0. The maximum atomic E-state index is 12.6. The molecule has 0 fully saturated rings. The van der Waals surface area contributed by atoms with Crippen LogP contribution in [-0.4, -0.2) is 47.4 Å². The Morgan fingerprint density at radius 2 is 0.526 bits per heavy atom. The van der Waals surface area contributed by atoms with Gasteiger partial charge in [0.2, 0.25) is 5.91 Å². The molecule has 0 aliphatic rings. The van der Waals surface area contributed by atoms with Gasteiger partial charge in [-0.25, -0.2) is 0 Å². The van der Waals surface area contributed by atoms with Crippen molar-refractivity contribution in [1.82, 2.24) is 5.32 Å². The van der Waals surface area contributed by atoms with E-state index in [1.165, 1.54) is 353 Å². The quantitative estimate of drug-likeness (QED) is 0.0417. The van der Waals surface area contributed by atoms with E-state index in [-0.39, 0.29) is 18.5 Å². The van der Waals surface area contributed by atoms with E-state index < -0.39 is 12.1 Å². The molecule has 0 heterocycles. The standard InChI is InChI=1S/C72H143NO5/c1-3-5-7-9-11-13-15-17-19-20-21-22-25-28-31-34-37-40-44-48-52-56-60-64-70(75)69(68-74)73-71(76)65-61-57-53-49-45-41-38-35-32-29-26-23-24-27-30-33-36-39-43-47-51-55-59-63-67-78-72(77)66-62-58-54-50-46-42-18-16-14-12-10-8-6-4-2/h69-70,74-75H,3-68H2,1-2H3,(H,73,76). The molecule has 1 amide bonds. The van der Waals surface area contributed by atoms with E-state index in [1.54, 1.807) is 0 Å². The topological polar surface area (TPSA) is 95.9 Å². The molecule has 2 unspecified atom stereocenters. The zero-order chi connectivity index (χ0) is 56.4. The normalized spacial score (nSPS) is 12.4. The molecule has 3 N–H and O–H groups in total. The molecule has 6 nitrogen and oxygen atoms in total. The van der Waals surface area contributed by atoms with E-state index in [1.807, 2.05) is 0 Å². The lowest BCUT2D eigenvalue weighted by atomic mass is 10.0. The van der Waals surface area contributed by atoms with Crippen LogP contribution in [0.15, 0.2) is 0 Å². The fourth-order valence-corrected chi connectivity index (χ4v) is 11.9. The van der Waals surface area contributed by atoms with Crippen LogP contribution in [0.5, 0.6) is 0 Å². The summed E-state index contributed by atoms with van der Waals surface area (Å²) in [5.74, 6) is -0.00852.